The molecule has 0 rings (SSSR count). The molecule has 0 atom stereocenters. The first-order valence-corrected chi connectivity index (χ1v) is 5.90. The first-order chi connectivity index (χ1) is 6.37. The van der Waals surface area contributed by atoms with Gasteiger partial charge < -0.3 is 4.74 Å². The van der Waals surface area contributed by atoms with Gasteiger partial charge in [0.05, 0.1) is 17.3 Å². The van der Waals surface area contributed by atoms with Crippen LogP contribution >= 0.6 is 12.6 Å². The number of carbonyl (C=O) groups is 1. The zero-order chi connectivity index (χ0) is 11.2. The predicted octanol–water partition coefficient (Wildman–Crippen LogP) is 0.641. The fourth-order valence-corrected chi connectivity index (χ4v) is 1.15. The third kappa shape index (κ3) is 6.93. The Morgan fingerprint density at radius 3 is 2.57 bits per heavy atom. The van der Waals surface area contributed by atoms with Gasteiger partial charge in [0.2, 0.25) is 0 Å². The van der Waals surface area contributed by atoms with Gasteiger partial charge >= 0.3 is 5.97 Å². The molecule has 0 saturated carbocycles. The number of thiol groups is 1. The van der Waals surface area contributed by atoms with Gasteiger partial charge in [0.1, 0.15) is 0 Å². The van der Waals surface area contributed by atoms with Gasteiger partial charge in [-0.3, -0.25) is 4.55 Å². The smallest absolute Gasteiger partial charge is 0.343 e. The van der Waals surface area contributed by atoms with Gasteiger partial charge in [-0.25, -0.2) is 4.79 Å². The summed E-state index contributed by atoms with van der Waals surface area (Å²) < 4.78 is 33.5. The van der Waals surface area contributed by atoms with Gasteiger partial charge in [0.15, 0.2) is 0 Å². The fourth-order valence-electron chi connectivity index (χ4n) is 0.598. The maximum Gasteiger partial charge on any atom is 0.343 e. The van der Waals surface area contributed by atoms with Crippen LogP contribution in [0.25, 0.3) is 0 Å². The maximum atomic E-state index is 10.9. The molecule has 0 aromatic rings. The Bertz CT molecular complexity index is 317. The van der Waals surface area contributed by atoms with Gasteiger partial charge in [-0.15, -0.1) is 12.6 Å². The maximum absolute atomic E-state index is 10.9. The number of hydrogen-bond donors (Lipinski definition) is 2. The Kier molecular flexibility index (Phi) is 5.82. The van der Waals surface area contributed by atoms with Crippen LogP contribution in [-0.4, -0.2) is 31.3 Å². The van der Waals surface area contributed by atoms with Crippen molar-refractivity contribution in [3.63, 3.8) is 0 Å². The van der Waals surface area contributed by atoms with E-state index in [0.29, 0.717) is 0 Å². The van der Waals surface area contributed by atoms with E-state index in [2.05, 4.69) is 17.4 Å². The molecule has 0 spiro atoms. The summed E-state index contributed by atoms with van der Waals surface area (Å²) in [5.41, 5.74) is 0. The third-order valence-corrected chi connectivity index (χ3v) is 2.51. The summed E-state index contributed by atoms with van der Waals surface area (Å²) in [6, 6.07) is 0. The van der Waals surface area contributed by atoms with Crippen molar-refractivity contribution in [3.05, 3.63) is 11.0 Å². The van der Waals surface area contributed by atoms with Crippen molar-refractivity contribution in [2.45, 2.75) is 13.3 Å². The Hall–Kier alpha value is -0.530. The van der Waals surface area contributed by atoms with Crippen LogP contribution in [0, 0.1) is 0 Å². The molecular weight excluding hydrogens is 228 g/mol. The standard InChI is InChI=1S/C7H12O5S2/c1-2-6(13)7(8)12-4-3-5-14(9,10)11/h2,13H,3-5H2,1H3,(H,9,10,11). The summed E-state index contributed by atoms with van der Waals surface area (Å²) in [5, 5.41) is 0. The molecule has 5 nitrogen and oxygen atoms in total. The normalized spacial score (nSPS) is 12.6. The highest BCUT2D eigenvalue weighted by Gasteiger charge is 2.07. The molecule has 0 heterocycles. The lowest BCUT2D eigenvalue weighted by Crippen LogP contribution is -2.10. The van der Waals surface area contributed by atoms with Gasteiger partial charge in [-0.05, 0) is 13.3 Å². The van der Waals surface area contributed by atoms with E-state index in [1.165, 1.54) is 6.08 Å². The largest absolute Gasteiger partial charge is 0.462 e. The van der Waals surface area contributed by atoms with Crippen LogP contribution in [0.4, 0.5) is 0 Å². The monoisotopic (exact) mass is 240 g/mol. The Morgan fingerprint density at radius 2 is 2.14 bits per heavy atom. The van der Waals surface area contributed by atoms with Crippen LogP contribution in [0.2, 0.25) is 0 Å². The molecule has 0 aliphatic carbocycles. The number of esters is 1. The molecule has 0 aliphatic rings. The minimum atomic E-state index is -3.97. The van der Waals surface area contributed by atoms with Crippen molar-refractivity contribution in [2.75, 3.05) is 12.4 Å². The van der Waals surface area contributed by atoms with Crippen molar-refractivity contribution >= 4 is 28.7 Å². The Balaban J connectivity index is 3.72. The van der Waals surface area contributed by atoms with Crippen molar-refractivity contribution in [1.29, 1.82) is 0 Å². The molecule has 82 valence electrons. The summed E-state index contributed by atoms with van der Waals surface area (Å²) in [6.45, 7) is 1.57. The molecule has 0 radical (unpaired) electrons. The Labute approximate surface area is 88.3 Å². The van der Waals surface area contributed by atoms with E-state index in [4.69, 9.17) is 4.55 Å². The van der Waals surface area contributed by atoms with Crippen LogP contribution in [-0.2, 0) is 19.6 Å². The molecule has 0 aromatic carbocycles. The average Bonchev–Trinajstić information content (AvgIpc) is 2.09. The lowest BCUT2D eigenvalue weighted by molar-refractivity contribution is -0.138. The number of hydrogen-bond acceptors (Lipinski definition) is 5. The second-order valence-corrected chi connectivity index (χ2v) is 4.50. The van der Waals surface area contributed by atoms with Crippen LogP contribution in [0.3, 0.4) is 0 Å². The summed E-state index contributed by atoms with van der Waals surface area (Å²) in [6.07, 6.45) is 1.53. The van der Waals surface area contributed by atoms with E-state index in [-0.39, 0.29) is 17.9 Å². The summed E-state index contributed by atoms with van der Waals surface area (Å²) in [4.78, 5) is 11.1. The van der Waals surface area contributed by atoms with Crippen LogP contribution < -0.4 is 0 Å². The van der Waals surface area contributed by atoms with Crippen molar-refractivity contribution in [1.82, 2.24) is 0 Å². The van der Waals surface area contributed by atoms with Crippen molar-refractivity contribution in [3.8, 4) is 0 Å². The van der Waals surface area contributed by atoms with E-state index in [9.17, 15) is 13.2 Å². The van der Waals surface area contributed by atoms with E-state index in [0.717, 1.165) is 0 Å². The number of rotatable bonds is 5. The molecule has 14 heavy (non-hydrogen) atoms. The predicted molar refractivity (Wildman–Crippen MR) is 54.7 cm³/mol. The zero-order valence-electron chi connectivity index (χ0n) is 7.63. The van der Waals surface area contributed by atoms with E-state index >= 15 is 0 Å². The van der Waals surface area contributed by atoms with Gasteiger partial charge in [-0.2, -0.15) is 8.42 Å². The highest BCUT2D eigenvalue weighted by molar-refractivity contribution is 7.85. The number of ether oxygens (including phenoxy) is 1. The summed E-state index contributed by atoms with van der Waals surface area (Å²) in [7, 11) is -3.97. The van der Waals surface area contributed by atoms with E-state index in [1.807, 2.05) is 0 Å². The minimum Gasteiger partial charge on any atom is -0.462 e. The summed E-state index contributed by atoms with van der Waals surface area (Å²) >= 11 is 3.80. The van der Waals surface area contributed by atoms with Crippen molar-refractivity contribution < 1.29 is 22.5 Å². The minimum absolute atomic E-state index is 0.0590. The third-order valence-electron chi connectivity index (χ3n) is 1.26. The van der Waals surface area contributed by atoms with Crippen molar-refractivity contribution in [2.24, 2.45) is 0 Å². The van der Waals surface area contributed by atoms with Crippen LogP contribution in [0.5, 0.6) is 0 Å². The SMILES string of the molecule is CC=C(S)C(=O)OCCCS(=O)(=O)O. The molecule has 0 aliphatic heterocycles. The molecule has 0 amide bonds. The van der Waals surface area contributed by atoms with Crippen LogP contribution in [0.1, 0.15) is 13.3 Å². The summed E-state index contributed by atoms with van der Waals surface area (Å²) in [5.74, 6) is -1.02. The molecule has 1 N–H and O–H groups in total. The highest BCUT2D eigenvalue weighted by atomic mass is 32.2. The second-order valence-electron chi connectivity index (χ2n) is 2.45. The quantitative estimate of drug-likeness (QED) is 0.242. The van der Waals surface area contributed by atoms with Gasteiger partial charge in [-0.1, -0.05) is 6.08 Å². The second kappa shape index (κ2) is 6.05. The molecule has 0 unspecified atom stereocenters. The fraction of sp³-hybridized carbons (Fsp3) is 0.571. The van der Waals surface area contributed by atoms with Crippen LogP contribution in [0.15, 0.2) is 11.0 Å². The van der Waals surface area contributed by atoms with E-state index < -0.39 is 21.8 Å². The lowest BCUT2D eigenvalue weighted by Gasteiger charge is -2.02. The molecule has 0 aromatic heterocycles. The first-order valence-electron chi connectivity index (χ1n) is 3.84. The molecular formula is C7H12O5S2. The molecule has 0 saturated heterocycles. The molecule has 0 fully saturated rings. The topological polar surface area (TPSA) is 80.7 Å². The number of carbonyl (C=O) groups excluding carboxylic acids is 1. The molecule has 0 bridgehead atoms. The van der Waals surface area contributed by atoms with Gasteiger partial charge in [0.25, 0.3) is 10.1 Å². The van der Waals surface area contributed by atoms with E-state index in [1.54, 1.807) is 6.92 Å². The average molecular weight is 240 g/mol. The zero-order valence-corrected chi connectivity index (χ0v) is 9.35. The molecule has 7 heteroatoms. The highest BCUT2D eigenvalue weighted by Crippen LogP contribution is 2.02. The Morgan fingerprint density at radius 1 is 1.57 bits per heavy atom. The van der Waals surface area contributed by atoms with Gasteiger partial charge in [0, 0.05) is 0 Å². The lowest BCUT2D eigenvalue weighted by atomic mass is 10.5. The first kappa shape index (κ1) is 13.5. The number of allylic oxidation sites excluding steroid dienone is 1.